The minimum absolute atomic E-state index is 0.964. The van der Waals surface area contributed by atoms with Gasteiger partial charge >= 0.3 is 0 Å². The molecular weight excluding hydrogens is 677 g/mol. The van der Waals surface area contributed by atoms with Gasteiger partial charge in [0.2, 0.25) is 0 Å². The van der Waals surface area contributed by atoms with Crippen molar-refractivity contribution in [2.24, 2.45) is 9.98 Å². The van der Waals surface area contributed by atoms with E-state index in [1.54, 1.807) is 0 Å². The smallest absolute Gasteiger partial charge is 0.0817 e. The molecule has 0 saturated carbocycles. The molecule has 0 aliphatic carbocycles. The Balaban J connectivity index is 1.17. The summed E-state index contributed by atoms with van der Waals surface area (Å²) in [6.45, 7) is 0. The second-order valence-electron chi connectivity index (χ2n) is 14.4. The van der Waals surface area contributed by atoms with E-state index in [1.165, 1.54) is 60.9 Å². The third-order valence-corrected chi connectivity index (χ3v) is 11.3. The number of rotatable bonds is 6. The lowest BCUT2D eigenvalue weighted by Gasteiger charge is -2.21. The maximum Gasteiger partial charge on any atom is 0.0817 e. The topological polar surface area (TPSA) is 24.7 Å². The number of hydrogen-bond donors (Lipinski definition) is 0. The van der Waals surface area contributed by atoms with Gasteiger partial charge in [-0.25, -0.2) is 9.98 Å². The van der Waals surface area contributed by atoms with E-state index in [4.69, 9.17) is 9.98 Å². The minimum Gasteiger partial charge on any atom is -0.248 e. The van der Waals surface area contributed by atoms with Gasteiger partial charge in [-0.05, 0) is 85.5 Å². The van der Waals surface area contributed by atoms with E-state index in [1.807, 2.05) is 0 Å². The first-order valence-electron chi connectivity index (χ1n) is 19.2. The van der Waals surface area contributed by atoms with Crippen LogP contribution >= 0.6 is 0 Å². The van der Waals surface area contributed by atoms with Gasteiger partial charge in [-0.2, -0.15) is 0 Å². The van der Waals surface area contributed by atoms with Crippen molar-refractivity contribution < 1.29 is 0 Å². The van der Waals surface area contributed by atoms with Gasteiger partial charge in [-0.3, -0.25) is 0 Å². The van der Waals surface area contributed by atoms with Crippen molar-refractivity contribution in [3.05, 3.63) is 227 Å². The molecule has 0 bridgehead atoms. The van der Waals surface area contributed by atoms with Gasteiger partial charge in [0.25, 0.3) is 0 Å². The Kier molecular flexibility index (Phi) is 7.53. The molecule has 2 heterocycles. The highest BCUT2D eigenvalue weighted by Crippen LogP contribution is 2.52. The average molecular weight is 711 g/mol. The molecule has 0 atom stereocenters. The highest BCUT2D eigenvalue weighted by Gasteiger charge is 2.28. The summed E-state index contributed by atoms with van der Waals surface area (Å²) < 4.78 is 0. The largest absolute Gasteiger partial charge is 0.248 e. The van der Waals surface area contributed by atoms with Gasteiger partial charge < -0.3 is 0 Å². The summed E-state index contributed by atoms with van der Waals surface area (Å²) in [5.41, 5.74) is 18.4. The molecule has 2 aliphatic heterocycles. The van der Waals surface area contributed by atoms with Crippen molar-refractivity contribution in [1.82, 2.24) is 0 Å². The SMILES string of the molecule is c1ccc(-c2ccccc2-c2ccccc2-c2ccccc2-c2ccccc2-c2c(-c3ccccc3)ccc3c2-c2c4c(ccc2=N3)=c2ccccc2=N4)cc1. The standard InChI is InChI=1S/C54H34N2/c1-3-17-35(18-4-1)37-21-7-8-22-39(37)40-23-9-10-24-41(40)42-25-11-12-26-43(42)44-27-13-14-29-46(44)51-38(36-19-5-2-6-20-36)31-33-49-52(51)53-50(55-49)34-32-47-45-28-15-16-30-48(45)56-54(47)53/h1-34H. The Morgan fingerprint density at radius 3 is 1.30 bits per heavy atom. The quantitative estimate of drug-likeness (QED) is 0.164. The van der Waals surface area contributed by atoms with Crippen LogP contribution in [0.15, 0.2) is 216 Å². The number of nitrogens with zero attached hydrogens (tertiary/aromatic N) is 2. The predicted molar refractivity (Wildman–Crippen MR) is 230 cm³/mol. The summed E-state index contributed by atoms with van der Waals surface area (Å²) in [4.78, 5) is 10.5. The van der Waals surface area contributed by atoms with Crippen LogP contribution in [-0.2, 0) is 0 Å². The summed E-state index contributed by atoms with van der Waals surface area (Å²) in [5, 5.41) is 4.29. The van der Waals surface area contributed by atoms with Crippen LogP contribution in [0.25, 0.3) is 77.9 Å². The van der Waals surface area contributed by atoms with E-state index in [-0.39, 0.29) is 0 Å². The third kappa shape index (κ3) is 5.11. The van der Waals surface area contributed by atoms with E-state index in [9.17, 15) is 0 Å². The Bertz CT molecular complexity index is 3240. The normalized spacial score (nSPS) is 11.9. The molecule has 0 radical (unpaired) electrons. The van der Waals surface area contributed by atoms with Gasteiger partial charge in [-0.1, -0.05) is 182 Å². The molecule has 11 rings (SSSR count). The maximum atomic E-state index is 5.26. The molecule has 0 N–H and O–H groups in total. The fourth-order valence-electron chi connectivity index (χ4n) is 8.81. The molecule has 9 aromatic carbocycles. The monoisotopic (exact) mass is 710 g/mol. The Labute approximate surface area is 325 Å². The van der Waals surface area contributed by atoms with Crippen LogP contribution in [0.5, 0.6) is 0 Å². The maximum absolute atomic E-state index is 5.26. The Morgan fingerprint density at radius 2 is 0.696 bits per heavy atom. The molecule has 2 nitrogen and oxygen atoms in total. The predicted octanol–water partition coefficient (Wildman–Crippen LogP) is 13.2. The number of fused-ring (bicyclic) bond motifs is 6. The van der Waals surface area contributed by atoms with Gasteiger partial charge in [0.15, 0.2) is 0 Å². The number of para-hydroxylation sites is 1. The lowest BCUT2D eigenvalue weighted by Crippen LogP contribution is -2.02. The molecule has 9 aromatic rings. The lowest BCUT2D eigenvalue weighted by atomic mass is 9.81. The molecule has 2 aliphatic rings. The summed E-state index contributed by atoms with van der Waals surface area (Å²) in [7, 11) is 0. The van der Waals surface area contributed by atoms with Crippen LogP contribution < -0.4 is 10.7 Å². The van der Waals surface area contributed by atoms with E-state index >= 15 is 0 Å². The first-order valence-corrected chi connectivity index (χ1v) is 19.2. The van der Waals surface area contributed by atoms with Gasteiger partial charge in [0.05, 0.1) is 22.1 Å². The van der Waals surface area contributed by atoms with E-state index in [0.717, 1.165) is 49.6 Å². The number of hydrogen-bond acceptors (Lipinski definition) is 2. The molecule has 0 fully saturated rings. The zero-order valence-electron chi connectivity index (χ0n) is 30.5. The van der Waals surface area contributed by atoms with Gasteiger partial charge in [0, 0.05) is 27.1 Å². The Hall–Kier alpha value is -7.42. The lowest BCUT2D eigenvalue weighted by molar-refractivity contribution is 1.36. The zero-order valence-corrected chi connectivity index (χ0v) is 30.5. The van der Waals surface area contributed by atoms with Gasteiger partial charge in [0.1, 0.15) is 0 Å². The summed E-state index contributed by atoms with van der Waals surface area (Å²) in [6.07, 6.45) is 0. The molecule has 2 heteroatoms. The van der Waals surface area contributed by atoms with Crippen LogP contribution in [0.2, 0.25) is 0 Å². The van der Waals surface area contributed by atoms with Crippen molar-refractivity contribution in [1.29, 1.82) is 0 Å². The van der Waals surface area contributed by atoms with Crippen molar-refractivity contribution in [3.8, 4) is 77.9 Å². The zero-order chi connectivity index (χ0) is 37.0. The molecule has 0 aromatic heterocycles. The van der Waals surface area contributed by atoms with E-state index in [2.05, 4.69) is 206 Å². The van der Waals surface area contributed by atoms with Crippen LogP contribution in [0.3, 0.4) is 0 Å². The fraction of sp³-hybridized carbons (Fsp3) is 0. The van der Waals surface area contributed by atoms with Crippen molar-refractivity contribution in [2.75, 3.05) is 0 Å². The van der Waals surface area contributed by atoms with Crippen molar-refractivity contribution in [2.45, 2.75) is 0 Å². The van der Waals surface area contributed by atoms with Crippen LogP contribution in [0.1, 0.15) is 0 Å². The van der Waals surface area contributed by atoms with E-state index < -0.39 is 0 Å². The average Bonchev–Trinajstić information content (AvgIpc) is 3.85. The van der Waals surface area contributed by atoms with Crippen molar-refractivity contribution in [3.63, 3.8) is 0 Å². The van der Waals surface area contributed by atoms with Crippen LogP contribution in [0.4, 0.5) is 11.4 Å². The summed E-state index contributed by atoms with van der Waals surface area (Å²) in [6, 6.07) is 74.1. The van der Waals surface area contributed by atoms with Crippen LogP contribution in [0, 0.1) is 10.4 Å². The first-order chi connectivity index (χ1) is 27.8. The highest BCUT2D eigenvalue weighted by atomic mass is 14.8. The molecule has 56 heavy (non-hydrogen) atoms. The van der Waals surface area contributed by atoms with E-state index in [0.29, 0.717) is 0 Å². The van der Waals surface area contributed by atoms with Gasteiger partial charge in [-0.15, -0.1) is 0 Å². The van der Waals surface area contributed by atoms with Crippen LogP contribution in [-0.4, -0.2) is 0 Å². The first kappa shape index (κ1) is 32.0. The Morgan fingerprint density at radius 1 is 0.232 bits per heavy atom. The molecule has 260 valence electrons. The summed E-state index contributed by atoms with van der Waals surface area (Å²) >= 11 is 0. The molecule has 0 saturated heterocycles. The second-order valence-corrected chi connectivity index (χ2v) is 14.4. The third-order valence-electron chi connectivity index (χ3n) is 11.3. The molecule has 0 spiro atoms. The summed E-state index contributed by atoms with van der Waals surface area (Å²) in [5.74, 6) is 0. The molecule has 0 amide bonds. The second kappa shape index (κ2) is 13.2. The minimum atomic E-state index is 0.964. The fourth-order valence-corrected chi connectivity index (χ4v) is 8.81. The number of benzene rings is 9. The molecular formula is C54H34N2. The highest BCUT2D eigenvalue weighted by molar-refractivity contribution is 6.07. The van der Waals surface area contributed by atoms with Crippen molar-refractivity contribution >= 4 is 11.4 Å². The molecule has 0 unspecified atom stereocenters.